The topological polar surface area (TPSA) is 75.6 Å². The molecule has 2 N–H and O–H groups in total. The van der Waals surface area contributed by atoms with E-state index in [2.05, 4.69) is 5.32 Å². The van der Waals surface area contributed by atoms with Crippen LogP contribution in [0.4, 0.5) is 5.69 Å². The van der Waals surface area contributed by atoms with Gasteiger partial charge in [0.2, 0.25) is 0 Å². The number of carboxylic acid groups (broad SMARTS) is 1. The van der Waals surface area contributed by atoms with Gasteiger partial charge in [-0.15, -0.1) is 0 Å². The quantitative estimate of drug-likeness (QED) is 0.799. The molecular weight excluding hydrogens is 246 g/mol. The second kappa shape index (κ2) is 4.57. The van der Waals surface area contributed by atoms with Crippen LogP contribution in [0.15, 0.2) is 18.2 Å². The molecule has 1 atom stereocenters. The van der Waals surface area contributed by atoms with Gasteiger partial charge in [-0.2, -0.15) is 0 Å². The van der Waals surface area contributed by atoms with Crippen LogP contribution in [0.5, 0.6) is 0 Å². The maximum absolute atomic E-state index is 12.0. The molecule has 0 fully saturated rings. The average Bonchev–Trinajstić information content (AvgIpc) is 2.69. The van der Waals surface area contributed by atoms with Crippen molar-refractivity contribution in [3.8, 4) is 0 Å². The van der Waals surface area contributed by atoms with E-state index in [0.717, 1.165) is 0 Å². The molecule has 0 amide bonds. The van der Waals surface area contributed by atoms with Crippen molar-refractivity contribution in [1.82, 2.24) is 0 Å². The highest BCUT2D eigenvalue weighted by molar-refractivity contribution is 5.94. The molecule has 0 saturated carbocycles. The first-order chi connectivity index (χ1) is 8.78. The van der Waals surface area contributed by atoms with Crippen LogP contribution in [-0.2, 0) is 16.0 Å². The first-order valence-electron chi connectivity index (χ1n) is 6.12. The molecule has 1 aliphatic rings. The zero-order valence-corrected chi connectivity index (χ0v) is 11.2. The fourth-order valence-electron chi connectivity index (χ4n) is 2.10. The molecule has 1 unspecified atom stereocenters. The summed E-state index contributed by atoms with van der Waals surface area (Å²) >= 11 is 0. The molecule has 0 bridgehead atoms. The molecule has 1 aromatic carbocycles. The molecule has 1 heterocycles. The SMILES string of the molecule is CC(C)(C)OC(=O)C1Cc2c(cccc2C(=O)O)N1. The zero-order valence-electron chi connectivity index (χ0n) is 11.2. The molecule has 2 rings (SSSR count). The Hall–Kier alpha value is -2.04. The van der Waals surface area contributed by atoms with Gasteiger partial charge in [-0.25, -0.2) is 9.59 Å². The Balaban J connectivity index is 2.19. The van der Waals surface area contributed by atoms with Gasteiger partial charge in [-0.3, -0.25) is 0 Å². The highest BCUT2D eigenvalue weighted by Gasteiger charge is 2.32. The van der Waals surface area contributed by atoms with Crippen LogP contribution in [0.3, 0.4) is 0 Å². The van der Waals surface area contributed by atoms with E-state index in [-0.39, 0.29) is 11.5 Å². The van der Waals surface area contributed by atoms with Crippen molar-refractivity contribution in [3.63, 3.8) is 0 Å². The number of ether oxygens (including phenoxy) is 1. The number of benzene rings is 1. The van der Waals surface area contributed by atoms with Crippen LogP contribution < -0.4 is 5.32 Å². The second-order valence-electron chi connectivity index (χ2n) is 5.57. The molecule has 0 radical (unpaired) electrons. The number of aromatic carboxylic acids is 1. The summed E-state index contributed by atoms with van der Waals surface area (Å²) in [5.74, 6) is -1.34. The van der Waals surface area contributed by atoms with E-state index in [1.165, 1.54) is 0 Å². The van der Waals surface area contributed by atoms with Crippen molar-refractivity contribution in [1.29, 1.82) is 0 Å². The summed E-state index contributed by atoms with van der Waals surface area (Å²) in [6, 6.07) is 4.45. The van der Waals surface area contributed by atoms with Crippen molar-refractivity contribution < 1.29 is 19.4 Å². The molecular formula is C14H17NO4. The number of carboxylic acids is 1. The number of carbonyl (C=O) groups excluding carboxylic acids is 1. The lowest BCUT2D eigenvalue weighted by Crippen LogP contribution is -2.35. The van der Waals surface area contributed by atoms with Crippen molar-refractivity contribution in [2.75, 3.05) is 5.32 Å². The minimum absolute atomic E-state index is 0.232. The fourth-order valence-corrected chi connectivity index (χ4v) is 2.10. The molecule has 0 aromatic heterocycles. The molecule has 1 aromatic rings. The summed E-state index contributed by atoms with van der Waals surface area (Å²) in [6.07, 6.45) is 0.340. The Kier molecular flexibility index (Phi) is 3.22. The molecule has 0 spiro atoms. The van der Waals surface area contributed by atoms with Crippen LogP contribution in [0, 0.1) is 0 Å². The van der Waals surface area contributed by atoms with Gasteiger partial charge < -0.3 is 15.2 Å². The summed E-state index contributed by atoms with van der Waals surface area (Å²) in [5, 5.41) is 12.1. The Labute approximate surface area is 111 Å². The van der Waals surface area contributed by atoms with E-state index in [1.807, 2.05) is 0 Å². The van der Waals surface area contributed by atoms with Crippen LogP contribution in [0.2, 0.25) is 0 Å². The largest absolute Gasteiger partial charge is 0.478 e. The highest BCUT2D eigenvalue weighted by atomic mass is 16.6. The van der Waals surface area contributed by atoms with Crippen molar-refractivity contribution in [2.24, 2.45) is 0 Å². The van der Waals surface area contributed by atoms with Gasteiger partial charge in [0, 0.05) is 12.1 Å². The van der Waals surface area contributed by atoms with E-state index >= 15 is 0 Å². The van der Waals surface area contributed by atoms with Gasteiger partial charge in [-0.1, -0.05) is 6.07 Å². The number of rotatable bonds is 2. The molecule has 0 saturated heterocycles. The summed E-state index contributed by atoms with van der Waals surface area (Å²) in [5.41, 5.74) is 1.03. The van der Waals surface area contributed by atoms with E-state index in [4.69, 9.17) is 9.84 Å². The number of hydrogen-bond donors (Lipinski definition) is 2. The van der Waals surface area contributed by atoms with E-state index in [9.17, 15) is 9.59 Å². The summed E-state index contributed by atoms with van der Waals surface area (Å²) in [4.78, 5) is 23.1. The lowest BCUT2D eigenvalue weighted by atomic mass is 10.0. The number of carbonyl (C=O) groups is 2. The van der Waals surface area contributed by atoms with E-state index < -0.39 is 17.6 Å². The molecule has 5 nitrogen and oxygen atoms in total. The third-order valence-corrected chi connectivity index (χ3v) is 2.84. The standard InChI is InChI=1S/C14H17NO4/c1-14(2,3)19-13(18)11-7-9-8(12(16)17)5-4-6-10(9)15-11/h4-6,11,15H,7H2,1-3H3,(H,16,17). The second-order valence-corrected chi connectivity index (χ2v) is 5.57. The zero-order chi connectivity index (χ0) is 14.2. The van der Waals surface area contributed by atoms with Crippen LogP contribution in [0.25, 0.3) is 0 Å². The van der Waals surface area contributed by atoms with E-state index in [0.29, 0.717) is 17.7 Å². The predicted octanol–water partition coefficient (Wildman–Crippen LogP) is 2.06. The Morgan fingerprint density at radius 3 is 2.63 bits per heavy atom. The van der Waals surface area contributed by atoms with Crippen LogP contribution in [-0.4, -0.2) is 28.7 Å². The maximum atomic E-state index is 12.0. The van der Waals surface area contributed by atoms with Gasteiger partial charge in [0.05, 0.1) is 5.56 Å². The van der Waals surface area contributed by atoms with Crippen LogP contribution >= 0.6 is 0 Å². The first-order valence-corrected chi connectivity index (χ1v) is 6.12. The number of anilines is 1. The summed E-state index contributed by atoms with van der Waals surface area (Å²) < 4.78 is 5.30. The monoisotopic (exact) mass is 263 g/mol. The minimum Gasteiger partial charge on any atom is -0.478 e. The van der Waals surface area contributed by atoms with Crippen molar-refractivity contribution >= 4 is 17.6 Å². The number of hydrogen-bond acceptors (Lipinski definition) is 4. The van der Waals surface area contributed by atoms with Gasteiger partial charge in [0.25, 0.3) is 0 Å². The Morgan fingerprint density at radius 2 is 2.05 bits per heavy atom. The lowest BCUT2D eigenvalue weighted by molar-refractivity contribution is -0.155. The molecule has 0 aliphatic carbocycles. The van der Waals surface area contributed by atoms with Crippen molar-refractivity contribution in [2.45, 2.75) is 38.8 Å². The summed E-state index contributed by atoms with van der Waals surface area (Å²) in [6.45, 7) is 5.40. The van der Waals surface area contributed by atoms with Gasteiger partial charge in [0.15, 0.2) is 0 Å². The molecule has 19 heavy (non-hydrogen) atoms. The highest BCUT2D eigenvalue weighted by Crippen LogP contribution is 2.30. The van der Waals surface area contributed by atoms with Crippen LogP contribution in [0.1, 0.15) is 36.7 Å². The number of esters is 1. The minimum atomic E-state index is -0.983. The third kappa shape index (κ3) is 2.86. The molecule has 5 heteroatoms. The Bertz CT molecular complexity index is 531. The predicted molar refractivity (Wildman–Crippen MR) is 70.4 cm³/mol. The van der Waals surface area contributed by atoms with E-state index in [1.54, 1.807) is 39.0 Å². The van der Waals surface area contributed by atoms with Gasteiger partial charge >= 0.3 is 11.9 Å². The van der Waals surface area contributed by atoms with Crippen molar-refractivity contribution in [3.05, 3.63) is 29.3 Å². The fraction of sp³-hybridized carbons (Fsp3) is 0.429. The maximum Gasteiger partial charge on any atom is 0.336 e. The normalized spacial score (nSPS) is 17.5. The first kappa shape index (κ1) is 13.4. The molecule has 1 aliphatic heterocycles. The van der Waals surface area contributed by atoms with Gasteiger partial charge in [0.1, 0.15) is 11.6 Å². The molecule has 102 valence electrons. The Morgan fingerprint density at radius 1 is 1.37 bits per heavy atom. The third-order valence-electron chi connectivity index (χ3n) is 2.84. The average molecular weight is 263 g/mol. The summed E-state index contributed by atoms with van der Waals surface area (Å²) in [7, 11) is 0. The smallest absolute Gasteiger partial charge is 0.336 e. The number of nitrogens with one attached hydrogen (secondary N) is 1. The van der Waals surface area contributed by atoms with Gasteiger partial charge in [-0.05, 0) is 38.5 Å². The lowest BCUT2D eigenvalue weighted by Gasteiger charge is -2.22. The number of fused-ring (bicyclic) bond motifs is 1.